The average Bonchev–Trinajstić information content (AvgIpc) is 2.91. The Morgan fingerprint density at radius 3 is 2.75 bits per heavy atom. The first-order valence-corrected chi connectivity index (χ1v) is 7.60. The van der Waals surface area contributed by atoms with Gasteiger partial charge in [-0.25, -0.2) is 0 Å². The molecule has 0 spiro atoms. The zero-order valence-corrected chi connectivity index (χ0v) is 12.0. The molecule has 0 aliphatic rings. The highest BCUT2D eigenvalue weighted by Crippen LogP contribution is 2.27. The molecule has 0 saturated heterocycles. The predicted octanol–water partition coefficient (Wildman–Crippen LogP) is 3.29. The molecule has 0 atom stereocenters. The molecule has 0 aliphatic heterocycles. The monoisotopic (exact) mass is 305 g/mol. The van der Waals surface area contributed by atoms with Crippen LogP contribution in [0.4, 0.5) is 5.69 Å². The van der Waals surface area contributed by atoms with Crippen LogP contribution in [0.2, 0.25) is 0 Å². The van der Waals surface area contributed by atoms with Crippen molar-refractivity contribution in [3.05, 3.63) is 56.3 Å². The first-order valence-electron chi connectivity index (χ1n) is 5.73. The van der Waals surface area contributed by atoms with Crippen LogP contribution in [-0.2, 0) is 5.75 Å². The molecule has 1 aromatic carbocycles. The zero-order valence-electron chi connectivity index (χ0n) is 10.4. The Labute approximate surface area is 124 Å². The first-order chi connectivity index (χ1) is 9.69. The maximum atomic E-state index is 10.6. The second-order valence-corrected chi connectivity index (χ2v) is 5.85. The molecule has 0 bridgehead atoms. The Morgan fingerprint density at radius 2 is 2.10 bits per heavy atom. The highest BCUT2D eigenvalue weighted by atomic mass is 32.2. The first kappa shape index (κ1) is 14.6. The summed E-state index contributed by atoms with van der Waals surface area (Å²) in [6.45, 7) is -0.136. The summed E-state index contributed by atoms with van der Waals surface area (Å²) in [7, 11) is 0. The van der Waals surface area contributed by atoms with Crippen molar-refractivity contribution in [1.82, 2.24) is 0 Å². The number of hydrogen-bond donors (Lipinski definition) is 1. The summed E-state index contributed by atoms with van der Waals surface area (Å²) in [5.74, 6) is 6.26. The molecule has 0 fully saturated rings. The fraction of sp³-hybridized carbons (Fsp3) is 0.143. The summed E-state index contributed by atoms with van der Waals surface area (Å²) in [6, 6.07) is 8.52. The topological polar surface area (TPSA) is 63.4 Å². The number of benzene rings is 1. The smallest absolute Gasteiger partial charge is 0.269 e. The number of aliphatic hydroxyl groups excluding tert-OH is 1. The number of nitrogens with zero attached hydrogens (tertiary/aromatic N) is 1. The van der Waals surface area contributed by atoms with Gasteiger partial charge in [-0.2, -0.15) is 0 Å². The van der Waals surface area contributed by atoms with E-state index in [0.29, 0.717) is 0 Å². The molecule has 102 valence electrons. The molecule has 0 unspecified atom stereocenters. The summed E-state index contributed by atoms with van der Waals surface area (Å²) >= 11 is 3.24. The Hall–Kier alpha value is -1.81. The molecule has 0 aliphatic carbocycles. The third kappa shape index (κ3) is 4.10. The van der Waals surface area contributed by atoms with Gasteiger partial charge in [0.2, 0.25) is 0 Å². The van der Waals surface area contributed by atoms with Crippen molar-refractivity contribution in [3.63, 3.8) is 0 Å². The van der Waals surface area contributed by atoms with E-state index in [1.54, 1.807) is 35.2 Å². The summed E-state index contributed by atoms with van der Waals surface area (Å²) in [4.78, 5) is 12.3. The number of thioether (sulfide) groups is 1. The van der Waals surface area contributed by atoms with Gasteiger partial charge in [0.15, 0.2) is 0 Å². The number of hydrogen-bond acceptors (Lipinski definition) is 5. The average molecular weight is 305 g/mol. The Kier molecular flexibility index (Phi) is 5.18. The van der Waals surface area contributed by atoms with Crippen molar-refractivity contribution in [2.45, 2.75) is 10.6 Å². The van der Waals surface area contributed by atoms with Crippen LogP contribution >= 0.6 is 23.1 Å². The lowest BCUT2D eigenvalue weighted by molar-refractivity contribution is -0.384. The molecule has 20 heavy (non-hydrogen) atoms. The minimum Gasteiger partial charge on any atom is -0.384 e. The third-order valence-electron chi connectivity index (χ3n) is 2.39. The van der Waals surface area contributed by atoms with Crippen molar-refractivity contribution >= 4 is 28.8 Å². The highest BCUT2D eigenvalue weighted by molar-refractivity contribution is 7.98. The molecule has 4 nitrogen and oxygen atoms in total. The van der Waals surface area contributed by atoms with E-state index in [1.807, 2.05) is 11.4 Å². The van der Waals surface area contributed by atoms with Crippen molar-refractivity contribution in [2.75, 3.05) is 6.61 Å². The molecule has 1 aromatic heterocycles. The summed E-state index contributed by atoms with van der Waals surface area (Å²) in [5, 5.41) is 21.1. The third-order valence-corrected chi connectivity index (χ3v) is 4.57. The van der Waals surface area contributed by atoms with Crippen LogP contribution in [0.1, 0.15) is 10.4 Å². The van der Waals surface area contributed by atoms with Crippen molar-refractivity contribution in [3.8, 4) is 11.8 Å². The normalized spacial score (nSPS) is 9.85. The van der Waals surface area contributed by atoms with E-state index in [0.717, 1.165) is 16.2 Å². The number of nitro benzene ring substituents is 1. The van der Waals surface area contributed by atoms with E-state index in [4.69, 9.17) is 5.11 Å². The van der Waals surface area contributed by atoms with Gasteiger partial charge in [-0.05, 0) is 18.2 Å². The lowest BCUT2D eigenvalue weighted by Gasteiger charge is -1.99. The molecule has 0 saturated carbocycles. The fourth-order valence-corrected chi connectivity index (χ4v) is 3.25. The molecule has 6 heteroatoms. The van der Waals surface area contributed by atoms with Gasteiger partial charge in [0, 0.05) is 38.6 Å². The second kappa shape index (κ2) is 7.10. The SMILES string of the molecule is O=[N+]([O-])c1ccc(SCc2cc(C#CCO)cs2)cc1. The van der Waals surface area contributed by atoms with Gasteiger partial charge in [0.25, 0.3) is 5.69 Å². The second-order valence-electron chi connectivity index (χ2n) is 3.80. The molecule has 2 aromatic rings. The molecule has 0 amide bonds. The van der Waals surface area contributed by atoms with Crippen LogP contribution in [0.15, 0.2) is 40.6 Å². The van der Waals surface area contributed by atoms with Gasteiger partial charge < -0.3 is 5.11 Å². The van der Waals surface area contributed by atoms with Gasteiger partial charge in [0.1, 0.15) is 6.61 Å². The maximum absolute atomic E-state index is 10.6. The summed E-state index contributed by atoms with van der Waals surface area (Å²) in [6.07, 6.45) is 0. The Morgan fingerprint density at radius 1 is 1.35 bits per heavy atom. The van der Waals surface area contributed by atoms with Crippen molar-refractivity contribution in [2.24, 2.45) is 0 Å². The van der Waals surface area contributed by atoms with E-state index in [1.165, 1.54) is 17.0 Å². The van der Waals surface area contributed by atoms with Crippen molar-refractivity contribution in [1.29, 1.82) is 0 Å². The quantitative estimate of drug-likeness (QED) is 0.407. The van der Waals surface area contributed by atoms with Crippen LogP contribution in [0.5, 0.6) is 0 Å². The van der Waals surface area contributed by atoms with E-state index < -0.39 is 4.92 Å². The van der Waals surface area contributed by atoms with Crippen LogP contribution in [0, 0.1) is 22.0 Å². The van der Waals surface area contributed by atoms with Crippen LogP contribution in [-0.4, -0.2) is 16.6 Å². The number of non-ortho nitro benzene ring substituents is 1. The molecule has 0 radical (unpaired) electrons. The highest BCUT2D eigenvalue weighted by Gasteiger charge is 2.05. The van der Waals surface area contributed by atoms with E-state index in [2.05, 4.69) is 11.8 Å². The van der Waals surface area contributed by atoms with Crippen LogP contribution in [0.25, 0.3) is 0 Å². The molecule has 1 N–H and O–H groups in total. The summed E-state index contributed by atoms with van der Waals surface area (Å²) < 4.78 is 0. The Bertz CT molecular complexity index is 653. The lowest BCUT2D eigenvalue weighted by atomic mass is 10.3. The van der Waals surface area contributed by atoms with Gasteiger partial charge in [-0.15, -0.1) is 23.1 Å². The fourth-order valence-electron chi connectivity index (χ4n) is 1.48. The van der Waals surface area contributed by atoms with Crippen molar-refractivity contribution < 1.29 is 10.0 Å². The molecular weight excluding hydrogens is 294 g/mol. The van der Waals surface area contributed by atoms with Gasteiger partial charge in [0.05, 0.1) is 4.92 Å². The zero-order chi connectivity index (χ0) is 14.4. The lowest BCUT2D eigenvalue weighted by Crippen LogP contribution is -1.86. The number of thiophene rings is 1. The number of nitro groups is 1. The van der Waals surface area contributed by atoms with E-state index in [-0.39, 0.29) is 12.3 Å². The molecule has 1 heterocycles. The van der Waals surface area contributed by atoms with Crippen LogP contribution < -0.4 is 0 Å². The van der Waals surface area contributed by atoms with Gasteiger partial charge >= 0.3 is 0 Å². The largest absolute Gasteiger partial charge is 0.384 e. The summed E-state index contributed by atoms with van der Waals surface area (Å²) in [5.41, 5.74) is 1.01. The minimum absolute atomic E-state index is 0.104. The molecule has 2 rings (SSSR count). The standard InChI is InChI=1S/C14H11NO3S2/c16-7-1-2-11-8-14(19-9-11)10-20-13-5-3-12(4-6-13)15(17)18/h3-6,8-9,16H,7,10H2. The number of rotatable bonds is 4. The number of aliphatic hydroxyl groups is 1. The van der Waals surface area contributed by atoms with Crippen LogP contribution in [0.3, 0.4) is 0 Å². The predicted molar refractivity (Wildman–Crippen MR) is 80.9 cm³/mol. The molecular formula is C14H11NO3S2. The van der Waals surface area contributed by atoms with E-state index >= 15 is 0 Å². The minimum atomic E-state index is -0.403. The van der Waals surface area contributed by atoms with Gasteiger partial charge in [-0.1, -0.05) is 11.8 Å². The maximum Gasteiger partial charge on any atom is 0.269 e. The van der Waals surface area contributed by atoms with Gasteiger partial charge in [-0.3, -0.25) is 10.1 Å². The van der Waals surface area contributed by atoms with E-state index in [9.17, 15) is 10.1 Å². The Balaban J connectivity index is 1.94.